The molecule has 228 valence electrons. The zero-order valence-electron chi connectivity index (χ0n) is 22.1. The molecule has 1 N–H and O–H groups in total. The molecular formula is C27H23Cl2F9MgO3. The predicted molar refractivity (Wildman–Crippen MR) is 137 cm³/mol. The van der Waals surface area contributed by atoms with E-state index in [0.717, 1.165) is 31.2 Å². The maximum atomic E-state index is 12.3. The van der Waals surface area contributed by atoms with Gasteiger partial charge in [-0.3, -0.25) is 9.59 Å². The number of halogens is 11. The van der Waals surface area contributed by atoms with Crippen molar-refractivity contribution in [1.82, 2.24) is 0 Å². The second-order valence-electron chi connectivity index (χ2n) is 7.68. The number of hydrogen-bond acceptors (Lipinski definition) is 3. The number of hydrogen-bond donors (Lipinski definition) is 1. The summed E-state index contributed by atoms with van der Waals surface area (Å²) in [5.41, 5.74) is -3.54. The van der Waals surface area contributed by atoms with E-state index in [9.17, 15) is 49.1 Å². The van der Waals surface area contributed by atoms with Crippen molar-refractivity contribution in [2.75, 3.05) is 0 Å². The largest absolute Gasteiger partial charge is 2.00 e. The summed E-state index contributed by atoms with van der Waals surface area (Å²) in [6, 6.07) is 14.1. The van der Waals surface area contributed by atoms with Crippen LogP contribution in [0.2, 0.25) is 0 Å². The predicted octanol–water partition coefficient (Wildman–Crippen LogP) is 5.82. The number of carbonyl (C=O) groups is 2. The molecule has 0 spiro atoms. The maximum absolute atomic E-state index is 12.3. The topological polar surface area (TPSA) is 54.4 Å². The molecule has 15 heteroatoms. The van der Waals surface area contributed by atoms with Gasteiger partial charge in [0.1, 0.15) is 0 Å². The summed E-state index contributed by atoms with van der Waals surface area (Å²) in [7, 11) is 0. The van der Waals surface area contributed by atoms with Crippen LogP contribution in [0.5, 0.6) is 0 Å². The van der Waals surface area contributed by atoms with Crippen LogP contribution < -0.4 is 12.4 Å². The minimum Gasteiger partial charge on any atom is -1.00 e. The Morgan fingerprint density at radius 2 is 0.976 bits per heavy atom. The van der Waals surface area contributed by atoms with Gasteiger partial charge in [0, 0.05) is 11.1 Å². The number of rotatable bonds is 3. The molecule has 0 fully saturated rings. The van der Waals surface area contributed by atoms with Crippen LogP contribution in [0.15, 0.2) is 72.8 Å². The van der Waals surface area contributed by atoms with Gasteiger partial charge in [0.15, 0.2) is 5.78 Å². The fourth-order valence-corrected chi connectivity index (χ4v) is 3.22. The van der Waals surface area contributed by atoms with Crippen LogP contribution in [0.4, 0.5) is 39.5 Å². The average molecular weight is 662 g/mol. The summed E-state index contributed by atoms with van der Waals surface area (Å²) in [6.45, 7) is 2.43. The average Bonchev–Trinajstić information content (AvgIpc) is 2.83. The monoisotopic (exact) mass is 660 g/mol. The third-order valence-electron chi connectivity index (χ3n) is 4.77. The fourth-order valence-electron chi connectivity index (χ4n) is 3.06. The zero-order valence-corrected chi connectivity index (χ0v) is 25.1. The molecule has 0 saturated carbocycles. The molecular weight excluding hydrogens is 638 g/mol. The molecule has 0 aliphatic carbocycles. The Hall–Kier alpha value is -2.32. The van der Waals surface area contributed by atoms with E-state index in [1.54, 1.807) is 0 Å². The summed E-state index contributed by atoms with van der Waals surface area (Å²) in [6.07, 6.45) is -14.5. The van der Waals surface area contributed by atoms with Gasteiger partial charge in [-0.15, -0.1) is 0 Å². The number of ketones is 1. The smallest absolute Gasteiger partial charge is 1.00 e. The van der Waals surface area contributed by atoms with Gasteiger partial charge in [-0.2, -0.15) is 39.5 Å². The molecule has 0 aromatic heterocycles. The molecule has 3 nitrogen and oxygen atoms in total. The summed E-state index contributed by atoms with van der Waals surface area (Å²) >= 11 is 4.98. The zero-order chi connectivity index (χ0) is 30.2. The van der Waals surface area contributed by atoms with Crippen molar-refractivity contribution in [3.05, 3.63) is 114 Å². The van der Waals surface area contributed by atoms with Gasteiger partial charge in [-0.1, -0.05) is 48.5 Å². The molecule has 1 atom stereocenters. The van der Waals surface area contributed by atoms with Gasteiger partial charge in [0.25, 0.3) is 5.24 Å². The minimum absolute atomic E-state index is 0. The molecule has 0 saturated heterocycles. The van der Waals surface area contributed by atoms with Crippen molar-refractivity contribution in [1.29, 1.82) is 0 Å². The van der Waals surface area contributed by atoms with Gasteiger partial charge in [-0.05, 0) is 55.3 Å². The first-order valence-electron chi connectivity index (χ1n) is 10.7. The van der Waals surface area contributed by atoms with E-state index in [-0.39, 0.29) is 54.0 Å². The molecule has 0 aliphatic heterocycles. The summed E-state index contributed by atoms with van der Waals surface area (Å²) in [4.78, 5) is 21.4. The van der Waals surface area contributed by atoms with Crippen LogP contribution in [0.3, 0.4) is 0 Å². The van der Waals surface area contributed by atoms with Gasteiger partial charge in [0.2, 0.25) is 0 Å². The molecule has 42 heavy (non-hydrogen) atoms. The summed E-state index contributed by atoms with van der Waals surface area (Å²) in [5, 5.41) is 7.96. The molecule has 0 radical (unpaired) electrons. The standard InChI is InChI=1S/C9H9F3O.C9H7F3O.C8H4ClF3O.CH3.ClH.Mg/c2*1-6(13)7-4-2-3-5-8(7)9(10,11)12;9-7(13)5-3-1-2-4-6(5)8(10,11)12;;;/h2-6,13H,1H3;2-5H,1H3;1-4H;1H3;1H;/q;;;-1;;+2/p-1. The number of carbonyl (C=O) groups excluding carboxylic acids is 2. The van der Waals surface area contributed by atoms with Crippen molar-refractivity contribution in [2.24, 2.45) is 0 Å². The number of aliphatic hydroxyl groups excluding tert-OH is 1. The van der Waals surface area contributed by atoms with Gasteiger partial charge < -0.3 is 24.9 Å². The molecule has 3 aromatic carbocycles. The molecule has 0 aliphatic rings. The number of alkyl halides is 9. The third-order valence-corrected chi connectivity index (χ3v) is 4.98. The van der Waals surface area contributed by atoms with Crippen LogP contribution in [0.1, 0.15) is 62.9 Å². The first-order chi connectivity index (χ1) is 17.8. The van der Waals surface area contributed by atoms with E-state index in [1.807, 2.05) is 0 Å². The number of aliphatic hydroxyl groups is 1. The summed E-state index contributed by atoms with van der Waals surface area (Å²) in [5.74, 6) is -0.576. The molecule has 3 aromatic rings. The van der Waals surface area contributed by atoms with Crippen molar-refractivity contribution in [2.45, 2.75) is 38.5 Å². The first kappa shape index (κ1) is 44.1. The van der Waals surface area contributed by atoms with E-state index in [2.05, 4.69) is 0 Å². The van der Waals surface area contributed by atoms with Crippen molar-refractivity contribution >= 4 is 45.7 Å². The van der Waals surface area contributed by atoms with E-state index in [1.165, 1.54) is 55.5 Å². The normalized spacial score (nSPS) is 11.5. The summed E-state index contributed by atoms with van der Waals surface area (Å²) < 4.78 is 110. The van der Waals surface area contributed by atoms with Crippen molar-refractivity contribution in [3.63, 3.8) is 0 Å². The molecule has 0 amide bonds. The maximum Gasteiger partial charge on any atom is 2.00 e. The van der Waals surface area contributed by atoms with Crippen molar-refractivity contribution in [3.8, 4) is 0 Å². The van der Waals surface area contributed by atoms with E-state index in [0.29, 0.717) is 0 Å². The van der Waals surface area contributed by atoms with E-state index < -0.39 is 57.9 Å². The Labute approximate surface area is 263 Å². The van der Waals surface area contributed by atoms with E-state index >= 15 is 0 Å². The van der Waals surface area contributed by atoms with Gasteiger partial charge in [-0.25, -0.2) is 0 Å². The van der Waals surface area contributed by atoms with Crippen LogP contribution in [-0.2, 0) is 18.5 Å². The van der Waals surface area contributed by atoms with Crippen LogP contribution in [-0.4, -0.2) is 39.2 Å². The fraction of sp³-hybridized carbons (Fsp3) is 0.222. The quantitative estimate of drug-likeness (QED) is 0.127. The number of Topliss-reactive ketones (excluding diaryl/α,β-unsaturated/α-hetero) is 1. The van der Waals surface area contributed by atoms with E-state index in [4.69, 9.17) is 16.7 Å². The van der Waals surface area contributed by atoms with Gasteiger partial charge in [0.05, 0.1) is 22.8 Å². The second-order valence-corrected chi connectivity index (χ2v) is 8.02. The van der Waals surface area contributed by atoms with Crippen LogP contribution in [0.25, 0.3) is 0 Å². The van der Waals surface area contributed by atoms with Crippen molar-refractivity contribution < 1.29 is 66.6 Å². The first-order valence-corrected chi connectivity index (χ1v) is 11.0. The molecule has 0 heterocycles. The Balaban J connectivity index is -0.000000524. The Morgan fingerprint density at radius 1 is 0.667 bits per heavy atom. The third kappa shape index (κ3) is 13.8. The number of benzene rings is 3. The molecule has 1 unspecified atom stereocenters. The molecule has 3 rings (SSSR count). The minimum atomic E-state index is -4.54. The van der Waals surface area contributed by atoms with Crippen LogP contribution in [0, 0.1) is 7.43 Å². The molecule has 0 bridgehead atoms. The van der Waals surface area contributed by atoms with Gasteiger partial charge >= 0.3 is 41.6 Å². The second kappa shape index (κ2) is 18.4. The Bertz CT molecular complexity index is 1210. The Kier molecular flexibility index (Phi) is 19.3. The SMILES string of the molecule is CC(=O)c1ccccc1C(F)(F)F.CC(O)c1ccccc1C(F)(F)F.O=C(Cl)c1ccccc1C(F)(F)F.[CH3-].[Cl-].[Mg+2]. The Morgan fingerprint density at radius 3 is 1.24 bits per heavy atom. The van der Waals surface area contributed by atoms with Crippen LogP contribution >= 0.6 is 11.6 Å².